The molecule has 0 aliphatic rings. The molecular weight excluding hydrogens is 370 g/mol. The van der Waals surface area contributed by atoms with E-state index >= 15 is 0 Å². The molecule has 3 rings (SSSR count). The number of ether oxygens (including phenoxy) is 3. The van der Waals surface area contributed by atoms with E-state index in [9.17, 15) is 4.79 Å². The van der Waals surface area contributed by atoms with Crippen molar-refractivity contribution < 1.29 is 19.0 Å². The van der Waals surface area contributed by atoms with Crippen LogP contribution in [0.2, 0.25) is 0 Å². The summed E-state index contributed by atoms with van der Waals surface area (Å²) < 4.78 is 15.7. The molecule has 152 valence electrons. The number of hydrogen-bond acceptors (Lipinski definition) is 5. The Kier molecular flexibility index (Phi) is 6.39. The van der Waals surface area contributed by atoms with Crippen LogP contribution in [0.3, 0.4) is 0 Å². The maximum Gasteiger partial charge on any atom is 0.224 e. The van der Waals surface area contributed by atoms with Gasteiger partial charge in [0.25, 0.3) is 0 Å². The van der Waals surface area contributed by atoms with Crippen LogP contribution in [0.1, 0.15) is 16.8 Å². The smallest absolute Gasteiger partial charge is 0.224 e. The van der Waals surface area contributed by atoms with Gasteiger partial charge in [0.2, 0.25) is 5.91 Å². The monoisotopic (exact) mass is 395 g/mol. The molecule has 0 aliphatic carbocycles. The normalized spacial score (nSPS) is 10.5. The van der Waals surface area contributed by atoms with E-state index in [0.29, 0.717) is 18.0 Å². The number of nitrogens with one attached hydrogen (secondary N) is 2. The number of methoxy groups -OCH3 is 3. The number of carbonyl (C=O) groups is 1. The first-order valence-electron chi connectivity index (χ1n) is 9.21. The molecule has 0 bridgehead atoms. The minimum atomic E-state index is -0.0842. The van der Waals surface area contributed by atoms with Crippen molar-refractivity contribution in [3.05, 3.63) is 59.3 Å². The first-order chi connectivity index (χ1) is 14.0. The highest BCUT2D eigenvalue weighted by molar-refractivity contribution is 5.81. The van der Waals surface area contributed by atoms with E-state index in [1.807, 2.05) is 49.4 Å². The van der Waals surface area contributed by atoms with Crippen molar-refractivity contribution in [2.75, 3.05) is 21.3 Å². The van der Waals surface area contributed by atoms with Gasteiger partial charge in [-0.3, -0.25) is 9.89 Å². The third-order valence-electron chi connectivity index (χ3n) is 4.71. The number of H-pyrrole nitrogens is 1. The van der Waals surface area contributed by atoms with Crippen LogP contribution in [-0.2, 0) is 17.8 Å². The molecule has 0 radical (unpaired) electrons. The van der Waals surface area contributed by atoms with Gasteiger partial charge in [-0.05, 0) is 48.9 Å². The summed E-state index contributed by atoms with van der Waals surface area (Å²) in [6, 6.07) is 13.2. The first-order valence-corrected chi connectivity index (χ1v) is 9.21. The first kappa shape index (κ1) is 20.3. The van der Waals surface area contributed by atoms with Crippen LogP contribution in [0, 0.1) is 6.92 Å². The Morgan fingerprint density at radius 2 is 1.72 bits per heavy atom. The third kappa shape index (κ3) is 4.68. The van der Waals surface area contributed by atoms with E-state index in [0.717, 1.165) is 33.8 Å². The number of carbonyl (C=O) groups excluding carboxylic acids is 1. The van der Waals surface area contributed by atoms with Crippen LogP contribution in [0.15, 0.2) is 42.5 Å². The molecule has 1 heterocycles. The molecule has 0 unspecified atom stereocenters. The summed E-state index contributed by atoms with van der Waals surface area (Å²) in [5.74, 6) is 1.97. The average Bonchev–Trinajstić information content (AvgIpc) is 3.12. The highest BCUT2D eigenvalue weighted by Gasteiger charge is 2.16. The zero-order chi connectivity index (χ0) is 20.8. The molecular formula is C22H25N3O4. The molecule has 2 N–H and O–H groups in total. The number of aromatic nitrogens is 2. The fraction of sp³-hybridized carbons (Fsp3) is 0.273. The summed E-state index contributed by atoms with van der Waals surface area (Å²) >= 11 is 0. The standard InChI is InChI=1S/C22H25N3O4/c1-14-18(22(25-24-14)16-6-8-17(27-2)9-7-16)12-21(26)23-13-15-5-10-19(28-3)20(11-15)29-4/h5-11H,12-13H2,1-4H3,(H,23,26)(H,24,25). The van der Waals surface area contributed by atoms with Crippen LogP contribution in [0.5, 0.6) is 17.2 Å². The second-order valence-electron chi connectivity index (χ2n) is 6.55. The van der Waals surface area contributed by atoms with Crippen molar-refractivity contribution in [1.29, 1.82) is 0 Å². The van der Waals surface area contributed by atoms with Crippen LogP contribution in [0.4, 0.5) is 0 Å². The Bertz CT molecular complexity index is 980. The minimum absolute atomic E-state index is 0.0842. The molecule has 0 fully saturated rings. The zero-order valence-electron chi connectivity index (χ0n) is 17.0. The van der Waals surface area contributed by atoms with Gasteiger partial charge in [-0.2, -0.15) is 5.10 Å². The van der Waals surface area contributed by atoms with Crippen LogP contribution < -0.4 is 19.5 Å². The number of aromatic amines is 1. The van der Waals surface area contributed by atoms with Gasteiger partial charge in [0, 0.05) is 23.4 Å². The second kappa shape index (κ2) is 9.14. The van der Waals surface area contributed by atoms with E-state index in [1.165, 1.54) is 0 Å². The van der Waals surface area contributed by atoms with Crippen LogP contribution >= 0.6 is 0 Å². The van der Waals surface area contributed by atoms with E-state index in [1.54, 1.807) is 21.3 Å². The lowest BCUT2D eigenvalue weighted by Gasteiger charge is -2.11. The maximum absolute atomic E-state index is 12.6. The van der Waals surface area contributed by atoms with Gasteiger partial charge in [0.1, 0.15) is 5.75 Å². The van der Waals surface area contributed by atoms with Gasteiger partial charge in [0.05, 0.1) is 33.4 Å². The number of amides is 1. The lowest BCUT2D eigenvalue weighted by atomic mass is 10.0. The zero-order valence-corrected chi connectivity index (χ0v) is 17.0. The lowest BCUT2D eigenvalue weighted by Crippen LogP contribution is -2.25. The average molecular weight is 395 g/mol. The molecule has 29 heavy (non-hydrogen) atoms. The predicted molar refractivity (Wildman–Crippen MR) is 110 cm³/mol. The molecule has 1 aromatic heterocycles. The number of rotatable bonds is 8. The Balaban J connectivity index is 1.69. The van der Waals surface area contributed by atoms with Crippen molar-refractivity contribution in [1.82, 2.24) is 15.5 Å². The Labute approximate surface area is 170 Å². The highest BCUT2D eigenvalue weighted by atomic mass is 16.5. The van der Waals surface area contributed by atoms with Crippen molar-refractivity contribution in [2.45, 2.75) is 19.9 Å². The summed E-state index contributed by atoms with van der Waals surface area (Å²) in [6.45, 7) is 2.31. The molecule has 3 aromatic rings. The number of benzene rings is 2. The largest absolute Gasteiger partial charge is 0.497 e. The quantitative estimate of drug-likeness (QED) is 0.611. The fourth-order valence-electron chi connectivity index (χ4n) is 3.07. The van der Waals surface area contributed by atoms with E-state index in [2.05, 4.69) is 15.5 Å². The Hall–Kier alpha value is -3.48. The topological polar surface area (TPSA) is 85.5 Å². The lowest BCUT2D eigenvalue weighted by molar-refractivity contribution is -0.120. The Morgan fingerprint density at radius 1 is 1.00 bits per heavy atom. The molecule has 2 aromatic carbocycles. The van der Waals surface area contributed by atoms with Gasteiger partial charge in [-0.1, -0.05) is 6.07 Å². The molecule has 0 atom stereocenters. The fourth-order valence-corrected chi connectivity index (χ4v) is 3.07. The van der Waals surface area contributed by atoms with Gasteiger partial charge >= 0.3 is 0 Å². The summed E-state index contributed by atoms with van der Waals surface area (Å²) in [5, 5.41) is 10.3. The molecule has 0 spiro atoms. The third-order valence-corrected chi connectivity index (χ3v) is 4.71. The molecule has 7 heteroatoms. The SMILES string of the molecule is COc1ccc(-c2n[nH]c(C)c2CC(=O)NCc2ccc(OC)c(OC)c2)cc1. The summed E-state index contributed by atoms with van der Waals surface area (Å²) in [7, 11) is 4.80. The molecule has 7 nitrogen and oxygen atoms in total. The van der Waals surface area contributed by atoms with Gasteiger partial charge < -0.3 is 19.5 Å². The second-order valence-corrected chi connectivity index (χ2v) is 6.55. The van der Waals surface area contributed by atoms with Gasteiger partial charge in [-0.15, -0.1) is 0 Å². The van der Waals surface area contributed by atoms with Crippen molar-refractivity contribution in [2.24, 2.45) is 0 Å². The van der Waals surface area contributed by atoms with Crippen molar-refractivity contribution in [3.8, 4) is 28.5 Å². The Morgan fingerprint density at radius 3 is 2.38 bits per heavy atom. The molecule has 0 saturated heterocycles. The minimum Gasteiger partial charge on any atom is -0.497 e. The van der Waals surface area contributed by atoms with Gasteiger partial charge in [0.15, 0.2) is 11.5 Å². The van der Waals surface area contributed by atoms with Crippen molar-refractivity contribution >= 4 is 5.91 Å². The van der Waals surface area contributed by atoms with Gasteiger partial charge in [-0.25, -0.2) is 0 Å². The van der Waals surface area contributed by atoms with E-state index in [4.69, 9.17) is 14.2 Å². The van der Waals surface area contributed by atoms with Crippen molar-refractivity contribution in [3.63, 3.8) is 0 Å². The summed E-state index contributed by atoms with van der Waals surface area (Å²) in [6.07, 6.45) is 0.233. The van der Waals surface area contributed by atoms with Crippen LogP contribution in [0.25, 0.3) is 11.3 Å². The maximum atomic E-state index is 12.6. The molecule has 0 saturated carbocycles. The predicted octanol–water partition coefficient (Wildman–Crippen LogP) is 3.27. The van der Waals surface area contributed by atoms with E-state index in [-0.39, 0.29) is 12.3 Å². The summed E-state index contributed by atoms with van der Waals surface area (Å²) in [5.41, 5.74) is 4.37. The van der Waals surface area contributed by atoms with E-state index < -0.39 is 0 Å². The molecule has 0 aliphatic heterocycles. The number of aryl methyl sites for hydroxylation is 1. The number of nitrogens with zero attached hydrogens (tertiary/aromatic N) is 1. The highest BCUT2D eigenvalue weighted by Crippen LogP contribution is 2.28. The molecule has 1 amide bonds. The van der Waals surface area contributed by atoms with Crippen LogP contribution in [-0.4, -0.2) is 37.4 Å². The summed E-state index contributed by atoms with van der Waals surface area (Å²) in [4.78, 5) is 12.6. The number of hydrogen-bond donors (Lipinski definition) is 2.